The number of esters is 1. The molecule has 7 heteroatoms. The summed E-state index contributed by atoms with van der Waals surface area (Å²) < 4.78 is 15.6. The highest BCUT2D eigenvalue weighted by Gasteiger charge is 2.27. The topological polar surface area (TPSA) is 104 Å². The van der Waals surface area contributed by atoms with Gasteiger partial charge in [-0.2, -0.15) is 0 Å². The molecule has 0 fully saturated rings. The fourth-order valence-electron chi connectivity index (χ4n) is 3.08. The van der Waals surface area contributed by atoms with Gasteiger partial charge in [0.15, 0.2) is 0 Å². The van der Waals surface area contributed by atoms with E-state index < -0.39 is 29.2 Å². The molecule has 0 radical (unpaired) electrons. The summed E-state index contributed by atoms with van der Waals surface area (Å²) in [5, 5.41) is 0.885. The van der Waals surface area contributed by atoms with E-state index >= 15 is 0 Å². The van der Waals surface area contributed by atoms with Crippen molar-refractivity contribution in [1.82, 2.24) is 4.98 Å². The van der Waals surface area contributed by atoms with Crippen LogP contribution in [0.4, 0.5) is 4.79 Å². The van der Waals surface area contributed by atoms with E-state index in [4.69, 9.17) is 19.9 Å². The fourth-order valence-corrected chi connectivity index (χ4v) is 3.08. The van der Waals surface area contributed by atoms with Gasteiger partial charge in [0.2, 0.25) is 0 Å². The van der Waals surface area contributed by atoms with Gasteiger partial charge in [-0.15, -0.1) is 6.58 Å². The van der Waals surface area contributed by atoms with Gasteiger partial charge in [0.05, 0.1) is 6.61 Å². The molecule has 164 valence electrons. The van der Waals surface area contributed by atoms with Gasteiger partial charge >= 0.3 is 12.1 Å². The van der Waals surface area contributed by atoms with Crippen molar-refractivity contribution >= 4 is 23.0 Å². The minimum absolute atomic E-state index is 0.275. The largest absolute Gasteiger partial charge is 0.514 e. The number of allylic oxidation sites excluding steroid dienone is 1. The van der Waals surface area contributed by atoms with Crippen LogP contribution in [-0.2, 0) is 26.1 Å². The van der Waals surface area contributed by atoms with E-state index in [1.165, 1.54) is 0 Å². The quantitative estimate of drug-likeness (QED) is 0.300. The Kier molecular flexibility index (Phi) is 6.98. The number of H-pyrrole nitrogens is 1. The monoisotopic (exact) mass is 417 g/mol. The molecule has 0 amide bonds. The number of hydrogen-bond donors (Lipinski definition) is 2. The maximum absolute atomic E-state index is 12.1. The van der Waals surface area contributed by atoms with E-state index in [0.717, 1.165) is 22.2 Å². The normalized spacial score (nSPS) is 13.0. The van der Waals surface area contributed by atoms with Gasteiger partial charge in [-0.05, 0) is 45.4 Å². The van der Waals surface area contributed by atoms with Gasteiger partial charge in [-0.25, -0.2) is 4.79 Å². The van der Waals surface area contributed by atoms with Gasteiger partial charge in [0.25, 0.3) is 0 Å². The van der Waals surface area contributed by atoms with Crippen LogP contribution in [0.2, 0.25) is 0 Å². The lowest BCUT2D eigenvalue weighted by Crippen LogP contribution is -2.35. The number of carbonyl (C=O) groups excluding carboxylic acids is 2. The second kappa shape index (κ2) is 8.92. The number of nitrogens with two attached hydrogens (primary N) is 1. The zero-order valence-electron chi connectivity index (χ0n) is 18.6. The summed E-state index contributed by atoms with van der Waals surface area (Å²) >= 11 is 0. The Morgan fingerprint density at radius 1 is 1.23 bits per heavy atom. The van der Waals surface area contributed by atoms with Crippen molar-refractivity contribution in [3.8, 4) is 5.75 Å². The van der Waals surface area contributed by atoms with Crippen LogP contribution in [0, 0.1) is 0 Å². The number of fused-ring (bicyclic) bond motifs is 1. The second-order valence-corrected chi connectivity index (χ2v) is 8.74. The first kappa shape index (κ1) is 23.5. The van der Waals surface area contributed by atoms with Crippen LogP contribution in [0.15, 0.2) is 30.9 Å². The first-order valence-electron chi connectivity index (χ1n) is 9.99. The molecule has 0 aliphatic rings. The van der Waals surface area contributed by atoms with Crippen molar-refractivity contribution in [2.45, 2.75) is 65.0 Å². The number of benzene rings is 1. The molecular formula is C23H32N2O5. The molecule has 0 aliphatic heterocycles. The molecule has 1 aromatic carbocycles. The Morgan fingerprint density at radius 3 is 2.47 bits per heavy atom. The van der Waals surface area contributed by atoms with Crippen LogP contribution in [0.3, 0.4) is 0 Å². The Balaban J connectivity index is 2.43. The fraction of sp³-hybridized carbons (Fsp3) is 0.478. The summed E-state index contributed by atoms with van der Waals surface area (Å²) in [6.45, 7) is 15.3. The molecule has 0 aliphatic carbocycles. The first-order valence-corrected chi connectivity index (χ1v) is 9.99. The summed E-state index contributed by atoms with van der Waals surface area (Å²) in [7, 11) is 0. The van der Waals surface area contributed by atoms with E-state index in [1.807, 2.05) is 26.0 Å². The van der Waals surface area contributed by atoms with E-state index in [0.29, 0.717) is 12.2 Å². The molecular weight excluding hydrogens is 385 g/mol. The van der Waals surface area contributed by atoms with E-state index in [2.05, 4.69) is 11.6 Å². The molecule has 1 aromatic heterocycles. The molecule has 0 spiro atoms. The predicted octanol–water partition coefficient (Wildman–Crippen LogP) is 4.38. The van der Waals surface area contributed by atoms with Crippen molar-refractivity contribution in [2.24, 2.45) is 5.73 Å². The lowest BCUT2D eigenvalue weighted by Gasteiger charge is -2.22. The third kappa shape index (κ3) is 5.63. The maximum Gasteiger partial charge on any atom is 0.514 e. The van der Waals surface area contributed by atoms with Crippen LogP contribution in [0.5, 0.6) is 5.75 Å². The number of aromatic amines is 1. The van der Waals surface area contributed by atoms with Gasteiger partial charge in [-0.1, -0.05) is 19.9 Å². The van der Waals surface area contributed by atoms with Crippen molar-refractivity contribution in [1.29, 1.82) is 0 Å². The number of rotatable bonds is 7. The van der Waals surface area contributed by atoms with E-state index in [-0.39, 0.29) is 6.61 Å². The molecule has 0 saturated carbocycles. The zero-order valence-corrected chi connectivity index (χ0v) is 18.6. The molecule has 7 nitrogen and oxygen atoms in total. The third-order valence-electron chi connectivity index (χ3n) is 4.64. The lowest BCUT2D eigenvalue weighted by atomic mass is 9.85. The highest BCUT2D eigenvalue weighted by molar-refractivity contribution is 5.88. The van der Waals surface area contributed by atoms with Crippen LogP contribution < -0.4 is 10.5 Å². The van der Waals surface area contributed by atoms with Crippen LogP contribution in [-0.4, -0.2) is 35.4 Å². The molecule has 2 rings (SSSR count). The Bertz CT molecular complexity index is 937. The SMILES string of the molecule is C=CC(C)(C)c1[nH]c2cc(OC(=O)OC(C)(C)C)ccc2c1CC(N)[13C](=O)OCC. The molecule has 3 N–H and O–H groups in total. The summed E-state index contributed by atoms with van der Waals surface area (Å²) in [6.07, 6.45) is 1.36. The molecule has 0 bridgehead atoms. The summed E-state index contributed by atoms with van der Waals surface area (Å²) in [6, 6.07) is 4.45. The molecule has 1 unspecified atom stereocenters. The number of carbonyl (C=O) groups is 2. The minimum Gasteiger partial charge on any atom is -0.465 e. The molecule has 30 heavy (non-hydrogen) atoms. The standard InChI is InChI=1S/C23H32N2O5/c1-8-23(6,7)19-16(13-17(24)20(26)28-9-2)15-11-10-14(12-18(15)25-19)29-21(27)30-22(3,4)5/h8,10-12,17,25H,1,9,13,24H2,2-7H3/i20+1. The van der Waals surface area contributed by atoms with Crippen LogP contribution in [0.25, 0.3) is 10.9 Å². The predicted molar refractivity (Wildman–Crippen MR) is 117 cm³/mol. The maximum atomic E-state index is 12.1. The molecule has 1 heterocycles. The van der Waals surface area contributed by atoms with E-state index in [1.54, 1.807) is 39.8 Å². The van der Waals surface area contributed by atoms with Crippen molar-refractivity contribution < 1.29 is 23.8 Å². The average Bonchev–Trinajstić information content (AvgIpc) is 2.98. The number of nitrogens with one attached hydrogen (secondary N) is 1. The van der Waals surface area contributed by atoms with E-state index in [9.17, 15) is 9.59 Å². The molecule has 2 aromatic rings. The highest BCUT2D eigenvalue weighted by Crippen LogP contribution is 2.35. The van der Waals surface area contributed by atoms with Gasteiger partial charge in [0, 0.05) is 34.5 Å². The number of aromatic nitrogens is 1. The van der Waals surface area contributed by atoms with Crippen molar-refractivity contribution in [3.63, 3.8) is 0 Å². The number of ether oxygens (including phenoxy) is 3. The molecule has 1 atom stereocenters. The second-order valence-electron chi connectivity index (χ2n) is 8.74. The summed E-state index contributed by atoms with van der Waals surface area (Å²) in [5.74, 6) is -0.0960. The average molecular weight is 418 g/mol. The number of hydrogen-bond acceptors (Lipinski definition) is 6. The summed E-state index contributed by atoms with van der Waals surface area (Å²) in [5.41, 5.74) is 7.60. The van der Waals surface area contributed by atoms with Gasteiger partial charge in [0.1, 0.15) is 17.4 Å². The van der Waals surface area contributed by atoms with Gasteiger partial charge in [-0.3, -0.25) is 4.79 Å². The summed E-state index contributed by atoms with van der Waals surface area (Å²) in [4.78, 5) is 27.4. The van der Waals surface area contributed by atoms with Crippen molar-refractivity contribution in [3.05, 3.63) is 42.1 Å². The zero-order chi connectivity index (χ0) is 22.7. The Labute approximate surface area is 177 Å². The lowest BCUT2D eigenvalue weighted by molar-refractivity contribution is -0.144. The Morgan fingerprint density at radius 2 is 1.90 bits per heavy atom. The first-order chi connectivity index (χ1) is 13.9. The Hall–Kier alpha value is -2.80. The highest BCUT2D eigenvalue weighted by atomic mass is 16.7. The smallest absolute Gasteiger partial charge is 0.465 e. The van der Waals surface area contributed by atoms with Crippen LogP contribution >= 0.6 is 0 Å². The van der Waals surface area contributed by atoms with Crippen molar-refractivity contribution in [2.75, 3.05) is 6.61 Å². The minimum atomic E-state index is -0.791. The molecule has 0 saturated heterocycles. The third-order valence-corrected chi connectivity index (χ3v) is 4.64. The van der Waals surface area contributed by atoms with Gasteiger partial charge < -0.3 is 24.9 Å². The van der Waals surface area contributed by atoms with Crippen LogP contribution in [0.1, 0.15) is 52.8 Å².